The first-order valence-corrected chi connectivity index (χ1v) is 6.94. The fourth-order valence-corrected chi connectivity index (χ4v) is 2.54. The number of methoxy groups -OCH3 is 1. The van der Waals surface area contributed by atoms with Gasteiger partial charge in [0, 0.05) is 6.42 Å². The molecule has 2 nitrogen and oxygen atoms in total. The van der Waals surface area contributed by atoms with Gasteiger partial charge in [0.2, 0.25) is 0 Å². The molecule has 1 aromatic carbocycles. The molecule has 1 heterocycles. The maximum absolute atomic E-state index is 6.41. The molecule has 0 spiro atoms. The van der Waals surface area contributed by atoms with Crippen LogP contribution in [0.25, 0.3) is 0 Å². The number of hydrogen-bond donors (Lipinski definition) is 0. The van der Waals surface area contributed by atoms with Crippen LogP contribution >= 0.6 is 27.5 Å². The van der Waals surface area contributed by atoms with Gasteiger partial charge in [-0.15, -0.1) is 11.6 Å². The highest BCUT2D eigenvalue weighted by Gasteiger charge is 2.16. The second-order valence-corrected chi connectivity index (χ2v) is 5.20. The lowest BCUT2D eigenvalue weighted by atomic mass is 10.1. The summed E-state index contributed by atoms with van der Waals surface area (Å²) in [5.41, 5.74) is 0.973. The number of alkyl halides is 1. The highest BCUT2D eigenvalue weighted by molar-refractivity contribution is 9.10. The van der Waals surface area contributed by atoms with Crippen LogP contribution in [-0.2, 0) is 6.42 Å². The highest BCUT2D eigenvalue weighted by atomic mass is 79.9. The highest BCUT2D eigenvalue weighted by Crippen LogP contribution is 2.34. The molecule has 0 bridgehead atoms. The molecule has 0 fully saturated rings. The molecular weight excluding hydrogens is 316 g/mol. The third kappa shape index (κ3) is 2.73. The van der Waals surface area contributed by atoms with E-state index >= 15 is 0 Å². The fourth-order valence-electron chi connectivity index (χ4n) is 1.73. The zero-order chi connectivity index (χ0) is 13.1. The lowest BCUT2D eigenvalue weighted by Gasteiger charge is -2.10. The number of halogens is 2. The summed E-state index contributed by atoms with van der Waals surface area (Å²) >= 11 is 9.87. The zero-order valence-electron chi connectivity index (χ0n) is 10.2. The summed E-state index contributed by atoms with van der Waals surface area (Å²) in [5.74, 6) is 2.50. The van der Waals surface area contributed by atoms with Gasteiger partial charge in [-0.1, -0.05) is 13.0 Å². The third-order valence-electron chi connectivity index (χ3n) is 2.75. The Morgan fingerprint density at radius 3 is 2.67 bits per heavy atom. The fraction of sp³-hybridized carbons (Fsp3) is 0.286. The van der Waals surface area contributed by atoms with Gasteiger partial charge in [-0.05, 0) is 45.8 Å². The molecule has 2 rings (SSSR count). The van der Waals surface area contributed by atoms with Gasteiger partial charge in [0.15, 0.2) is 0 Å². The van der Waals surface area contributed by atoms with Crippen molar-refractivity contribution in [3.63, 3.8) is 0 Å². The first kappa shape index (κ1) is 13.5. The van der Waals surface area contributed by atoms with Crippen LogP contribution in [0.2, 0.25) is 0 Å². The van der Waals surface area contributed by atoms with Crippen molar-refractivity contribution in [3.05, 3.63) is 51.9 Å². The van der Waals surface area contributed by atoms with E-state index in [0.29, 0.717) is 0 Å². The molecule has 0 aliphatic rings. The Hall–Kier alpha value is -0.930. The molecule has 1 aromatic heterocycles. The standard InChI is InChI=1S/C14H14BrClO2/c1-3-10-5-7-13(18-10)14(16)9-4-6-12(17-2)11(15)8-9/h4-8,14H,3H2,1-2H3. The number of hydrogen-bond acceptors (Lipinski definition) is 2. The summed E-state index contributed by atoms with van der Waals surface area (Å²) in [5, 5.41) is -0.285. The minimum atomic E-state index is -0.285. The molecule has 0 saturated carbocycles. The van der Waals surface area contributed by atoms with E-state index in [0.717, 1.165) is 33.7 Å². The van der Waals surface area contributed by atoms with Crippen molar-refractivity contribution in [2.45, 2.75) is 18.7 Å². The summed E-state index contributed by atoms with van der Waals surface area (Å²) in [7, 11) is 1.64. The molecule has 96 valence electrons. The van der Waals surface area contributed by atoms with Crippen LogP contribution in [0.15, 0.2) is 39.2 Å². The Bertz CT molecular complexity index is 536. The number of furan rings is 1. The molecule has 0 radical (unpaired) electrons. The SMILES string of the molecule is CCc1ccc(C(Cl)c2ccc(OC)c(Br)c2)o1. The van der Waals surface area contributed by atoms with Gasteiger partial charge in [0.1, 0.15) is 22.6 Å². The van der Waals surface area contributed by atoms with Gasteiger partial charge in [-0.2, -0.15) is 0 Å². The van der Waals surface area contributed by atoms with Crippen LogP contribution in [0, 0.1) is 0 Å². The van der Waals surface area contributed by atoms with Gasteiger partial charge >= 0.3 is 0 Å². The predicted octanol–water partition coefficient (Wildman–Crippen LogP) is 4.94. The van der Waals surface area contributed by atoms with E-state index in [2.05, 4.69) is 22.9 Å². The smallest absolute Gasteiger partial charge is 0.133 e. The van der Waals surface area contributed by atoms with E-state index in [1.165, 1.54) is 0 Å². The molecule has 0 amide bonds. The van der Waals surface area contributed by atoms with Crippen LogP contribution in [0.5, 0.6) is 5.75 Å². The lowest BCUT2D eigenvalue weighted by Crippen LogP contribution is -1.93. The third-order valence-corrected chi connectivity index (χ3v) is 3.84. The first-order valence-electron chi connectivity index (χ1n) is 5.71. The summed E-state index contributed by atoms with van der Waals surface area (Å²) in [4.78, 5) is 0. The van der Waals surface area contributed by atoms with E-state index in [9.17, 15) is 0 Å². The van der Waals surface area contributed by atoms with E-state index in [1.807, 2.05) is 30.3 Å². The molecule has 4 heteroatoms. The van der Waals surface area contributed by atoms with E-state index in [-0.39, 0.29) is 5.38 Å². The van der Waals surface area contributed by atoms with Crippen LogP contribution < -0.4 is 4.74 Å². The van der Waals surface area contributed by atoms with Gasteiger partial charge in [-0.3, -0.25) is 0 Å². The van der Waals surface area contributed by atoms with E-state index in [1.54, 1.807) is 7.11 Å². The minimum absolute atomic E-state index is 0.285. The van der Waals surface area contributed by atoms with Crippen LogP contribution in [0.3, 0.4) is 0 Å². The number of aryl methyl sites for hydroxylation is 1. The van der Waals surface area contributed by atoms with Crippen molar-refractivity contribution in [1.82, 2.24) is 0 Å². The van der Waals surface area contributed by atoms with E-state index < -0.39 is 0 Å². The molecule has 0 aliphatic heterocycles. The monoisotopic (exact) mass is 328 g/mol. The predicted molar refractivity (Wildman–Crippen MR) is 76.5 cm³/mol. The molecule has 0 aliphatic carbocycles. The minimum Gasteiger partial charge on any atom is -0.496 e. The van der Waals surface area contributed by atoms with Crippen LogP contribution in [0.4, 0.5) is 0 Å². The van der Waals surface area contributed by atoms with Gasteiger partial charge in [0.05, 0.1) is 11.6 Å². The largest absolute Gasteiger partial charge is 0.496 e. The number of ether oxygens (including phenoxy) is 1. The second kappa shape index (κ2) is 5.81. The van der Waals surface area contributed by atoms with E-state index in [4.69, 9.17) is 20.8 Å². The summed E-state index contributed by atoms with van der Waals surface area (Å²) in [6.45, 7) is 2.05. The normalized spacial score (nSPS) is 12.4. The van der Waals surface area contributed by atoms with Crippen LogP contribution in [0.1, 0.15) is 29.4 Å². The van der Waals surface area contributed by atoms with Crippen molar-refractivity contribution in [2.75, 3.05) is 7.11 Å². The number of rotatable bonds is 4. The summed E-state index contributed by atoms with van der Waals surface area (Å²) < 4.78 is 11.7. The van der Waals surface area contributed by atoms with Gasteiger partial charge in [-0.25, -0.2) is 0 Å². The molecule has 1 atom stereocenters. The maximum atomic E-state index is 6.41. The first-order chi connectivity index (χ1) is 8.65. The molecular formula is C14H14BrClO2. The van der Waals surface area contributed by atoms with Crippen molar-refractivity contribution >= 4 is 27.5 Å². The average molecular weight is 330 g/mol. The van der Waals surface area contributed by atoms with Crippen molar-refractivity contribution in [1.29, 1.82) is 0 Å². The Balaban J connectivity index is 2.27. The maximum Gasteiger partial charge on any atom is 0.133 e. The molecule has 18 heavy (non-hydrogen) atoms. The molecule has 0 saturated heterocycles. The molecule has 0 N–H and O–H groups in total. The summed E-state index contributed by atoms with van der Waals surface area (Å²) in [6, 6.07) is 9.66. The average Bonchev–Trinajstić information content (AvgIpc) is 2.86. The van der Waals surface area contributed by atoms with Crippen LogP contribution in [-0.4, -0.2) is 7.11 Å². The van der Waals surface area contributed by atoms with Crippen molar-refractivity contribution < 1.29 is 9.15 Å². The van der Waals surface area contributed by atoms with Gasteiger partial charge in [0.25, 0.3) is 0 Å². The Labute approximate surface area is 120 Å². The topological polar surface area (TPSA) is 22.4 Å². The second-order valence-electron chi connectivity index (χ2n) is 3.91. The van der Waals surface area contributed by atoms with Crippen molar-refractivity contribution in [2.24, 2.45) is 0 Å². The number of benzene rings is 1. The Morgan fingerprint density at radius 1 is 1.33 bits per heavy atom. The molecule has 2 aromatic rings. The van der Waals surface area contributed by atoms with Gasteiger partial charge < -0.3 is 9.15 Å². The Morgan fingerprint density at radius 2 is 2.11 bits per heavy atom. The Kier molecular flexibility index (Phi) is 4.36. The zero-order valence-corrected chi connectivity index (χ0v) is 12.6. The lowest BCUT2D eigenvalue weighted by molar-refractivity contribution is 0.412. The quantitative estimate of drug-likeness (QED) is 0.741. The summed E-state index contributed by atoms with van der Waals surface area (Å²) in [6.07, 6.45) is 0.871. The van der Waals surface area contributed by atoms with Crippen molar-refractivity contribution in [3.8, 4) is 5.75 Å². The molecule has 1 unspecified atom stereocenters.